The lowest BCUT2D eigenvalue weighted by Gasteiger charge is -2.35. The lowest BCUT2D eigenvalue weighted by Crippen LogP contribution is -2.47. The van der Waals surface area contributed by atoms with Crippen molar-refractivity contribution in [3.8, 4) is 0 Å². The lowest BCUT2D eigenvalue weighted by atomic mass is 10.2. The zero-order valence-corrected chi connectivity index (χ0v) is 18.0. The average molecular weight is 482 g/mol. The molecule has 142 valence electrons. The normalized spacial score (nSPS) is 17.1. The van der Waals surface area contributed by atoms with Crippen LogP contribution in [0.15, 0.2) is 29.3 Å². The van der Waals surface area contributed by atoms with Gasteiger partial charge in [0.2, 0.25) is 0 Å². The molecule has 1 aromatic rings. The van der Waals surface area contributed by atoms with Crippen LogP contribution in [0.3, 0.4) is 0 Å². The van der Waals surface area contributed by atoms with Gasteiger partial charge < -0.3 is 20.7 Å². The van der Waals surface area contributed by atoms with Crippen LogP contribution >= 0.6 is 35.6 Å². The van der Waals surface area contributed by atoms with Crippen LogP contribution in [0.4, 0.5) is 5.69 Å². The fourth-order valence-electron chi connectivity index (χ4n) is 2.80. The number of benzene rings is 1. The molecule has 1 saturated heterocycles. The summed E-state index contributed by atoms with van der Waals surface area (Å²) in [6.45, 7) is 8.30. The van der Waals surface area contributed by atoms with Gasteiger partial charge in [0.15, 0.2) is 5.96 Å². The molecule has 0 radical (unpaired) electrons. The fourth-order valence-corrected chi connectivity index (χ4v) is 2.99. The molecule has 0 amide bonds. The monoisotopic (exact) mass is 481 g/mol. The molecule has 0 aromatic heterocycles. The Kier molecular flexibility index (Phi) is 10.5. The zero-order valence-electron chi connectivity index (χ0n) is 14.9. The Bertz CT molecular complexity index is 538. The van der Waals surface area contributed by atoms with Crippen molar-refractivity contribution in [1.29, 1.82) is 0 Å². The van der Waals surface area contributed by atoms with Gasteiger partial charge >= 0.3 is 0 Å². The van der Waals surface area contributed by atoms with E-state index < -0.39 is 0 Å². The molecule has 1 atom stereocenters. The number of hydrogen-bond donors (Lipinski definition) is 2. The molecule has 0 aliphatic carbocycles. The molecule has 6 nitrogen and oxygen atoms in total. The van der Waals surface area contributed by atoms with Gasteiger partial charge in [0.1, 0.15) is 0 Å². The summed E-state index contributed by atoms with van der Waals surface area (Å²) in [4.78, 5) is 9.17. The van der Waals surface area contributed by atoms with Gasteiger partial charge in [-0.05, 0) is 25.1 Å². The first kappa shape index (κ1) is 22.3. The Balaban J connectivity index is 0.00000312. The van der Waals surface area contributed by atoms with Gasteiger partial charge in [0, 0.05) is 56.6 Å². The van der Waals surface area contributed by atoms with E-state index in [1.807, 2.05) is 25.1 Å². The van der Waals surface area contributed by atoms with Crippen molar-refractivity contribution >= 4 is 47.2 Å². The van der Waals surface area contributed by atoms with Crippen molar-refractivity contribution in [3.05, 3.63) is 29.3 Å². The van der Waals surface area contributed by atoms with Crippen LogP contribution in [0.25, 0.3) is 0 Å². The van der Waals surface area contributed by atoms with Crippen LogP contribution < -0.4 is 16.0 Å². The van der Waals surface area contributed by atoms with Crippen molar-refractivity contribution in [2.45, 2.75) is 13.0 Å². The number of nitrogens with two attached hydrogens (primary N) is 1. The number of rotatable bonds is 7. The Morgan fingerprint density at radius 3 is 2.72 bits per heavy atom. The molecular formula is C17H29ClIN5O. The highest BCUT2D eigenvalue weighted by atomic mass is 127. The maximum Gasteiger partial charge on any atom is 0.188 e. The smallest absolute Gasteiger partial charge is 0.188 e. The Morgan fingerprint density at radius 2 is 2.08 bits per heavy atom. The van der Waals surface area contributed by atoms with Gasteiger partial charge in [-0.1, -0.05) is 17.7 Å². The summed E-state index contributed by atoms with van der Waals surface area (Å²) in [5, 5.41) is 3.90. The quantitative estimate of drug-likeness (QED) is 0.354. The van der Waals surface area contributed by atoms with Crippen LogP contribution in [-0.2, 0) is 4.74 Å². The minimum atomic E-state index is 0. The molecule has 8 heteroatoms. The van der Waals surface area contributed by atoms with Crippen molar-refractivity contribution in [3.63, 3.8) is 0 Å². The zero-order chi connectivity index (χ0) is 17.4. The van der Waals surface area contributed by atoms with E-state index in [0.717, 1.165) is 37.7 Å². The maximum absolute atomic E-state index is 6.07. The van der Waals surface area contributed by atoms with Gasteiger partial charge in [-0.15, -0.1) is 24.0 Å². The largest absolute Gasteiger partial charge is 0.383 e. The molecule has 3 N–H and O–H groups in total. The number of aliphatic imine (C=N–C) groups is 1. The second-order valence-corrected chi connectivity index (χ2v) is 6.51. The number of guanidine groups is 1. The molecule has 1 heterocycles. The molecule has 1 aliphatic heterocycles. The van der Waals surface area contributed by atoms with E-state index in [2.05, 4.69) is 26.2 Å². The van der Waals surface area contributed by atoms with E-state index >= 15 is 0 Å². The lowest BCUT2D eigenvalue weighted by molar-refractivity contribution is 0.179. The molecule has 25 heavy (non-hydrogen) atoms. The fraction of sp³-hybridized carbons (Fsp3) is 0.588. The van der Waals surface area contributed by atoms with Gasteiger partial charge in [-0.2, -0.15) is 0 Å². The van der Waals surface area contributed by atoms with Gasteiger partial charge in [-0.25, -0.2) is 0 Å². The first-order valence-corrected chi connectivity index (χ1v) is 8.74. The number of piperazine rings is 1. The highest BCUT2D eigenvalue weighted by molar-refractivity contribution is 14.0. The molecule has 1 aromatic carbocycles. The van der Waals surface area contributed by atoms with E-state index in [1.54, 1.807) is 7.11 Å². The van der Waals surface area contributed by atoms with Crippen LogP contribution in [0.5, 0.6) is 0 Å². The molecule has 1 aliphatic rings. The molecule has 2 rings (SSSR count). The predicted octanol–water partition coefficient (Wildman–Crippen LogP) is 2.02. The predicted molar refractivity (Wildman–Crippen MR) is 116 cm³/mol. The third-order valence-corrected chi connectivity index (χ3v) is 4.29. The number of nitrogens with one attached hydrogen (secondary N) is 1. The Labute approximate surface area is 172 Å². The second kappa shape index (κ2) is 11.8. The Morgan fingerprint density at radius 1 is 1.36 bits per heavy atom. The average Bonchev–Trinajstić information content (AvgIpc) is 2.55. The maximum atomic E-state index is 6.07. The number of hydrogen-bond acceptors (Lipinski definition) is 4. The minimum Gasteiger partial charge on any atom is -0.383 e. The Hall–Kier alpha value is -0.770. The van der Waals surface area contributed by atoms with E-state index in [-0.39, 0.29) is 30.0 Å². The van der Waals surface area contributed by atoms with Gasteiger partial charge in [-0.3, -0.25) is 9.89 Å². The van der Waals surface area contributed by atoms with Crippen LogP contribution in [0.1, 0.15) is 6.92 Å². The molecule has 0 saturated carbocycles. The highest BCUT2D eigenvalue weighted by Gasteiger charge is 2.16. The molecule has 0 bridgehead atoms. The van der Waals surface area contributed by atoms with Crippen molar-refractivity contribution in [1.82, 2.24) is 10.2 Å². The van der Waals surface area contributed by atoms with Gasteiger partial charge in [0.25, 0.3) is 0 Å². The van der Waals surface area contributed by atoms with Gasteiger partial charge in [0.05, 0.1) is 13.2 Å². The minimum absolute atomic E-state index is 0. The third kappa shape index (κ3) is 7.98. The number of halogens is 2. The van der Waals surface area contributed by atoms with E-state index in [4.69, 9.17) is 22.1 Å². The van der Waals surface area contributed by atoms with Crippen LogP contribution in [-0.4, -0.2) is 69.9 Å². The first-order valence-electron chi connectivity index (χ1n) is 8.36. The second-order valence-electron chi connectivity index (χ2n) is 6.08. The van der Waals surface area contributed by atoms with E-state index in [9.17, 15) is 0 Å². The number of ether oxygens (including phenoxy) is 1. The summed E-state index contributed by atoms with van der Waals surface area (Å²) >= 11 is 6.07. The summed E-state index contributed by atoms with van der Waals surface area (Å²) in [5.41, 5.74) is 7.07. The SMILES string of the molecule is COCC(C)NC(N)=NCCN1CCN(c2cccc(Cl)c2)CC1.I. The molecule has 1 unspecified atom stereocenters. The standard InChI is InChI=1S/C17H28ClN5O.HI/c1-14(13-24-2)21-17(19)20-6-7-22-8-10-23(11-9-22)16-5-3-4-15(18)12-16;/h3-5,12,14H,6-11,13H2,1-2H3,(H3,19,20,21);1H. The highest BCUT2D eigenvalue weighted by Crippen LogP contribution is 2.20. The summed E-state index contributed by atoms with van der Waals surface area (Å²) < 4.78 is 5.06. The topological polar surface area (TPSA) is 66.1 Å². The molecule has 0 spiro atoms. The number of nitrogens with zero attached hydrogens (tertiary/aromatic N) is 3. The molecule has 1 fully saturated rings. The summed E-state index contributed by atoms with van der Waals surface area (Å²) in [6, 6.07) is 8.21. The van der Waals surface area contributed by atoms with Crippen molar-refractivity contribution < 1.29 is 4.74 Å². The number of anilines is 1. The van der Waals surface area contributed by atoms with E-state index in [1.165, 1.54) is 5.69 Å². The van der Waals surface area contributed by atoms with Crippen LogP contribution in [0, 0.1) is 0 Å². The van der Waals surface area contributed by atoms with E-state index in [0.29, 0.717) is 19.1 Å². The number of methoxy groups -OCH3 is 1. The summed E-state index contributed by atoms with van der Waals surface area (Å²) in [6.07, 6.45) is 0. The first-order chi connectivity index (χ1) is 11.6. The summed E-state index contributed by atoms with van der Waals surface area (Å²) in [5.74, 6) is 0.483. The van der Waals surface area contributed by atoms with Crippen molar-refractivity contribution in [2.24, 2.45) is 10.7 Å². The van der Waals surface area contributed by atoms with Crippen LogP contribution in [0.2, 0.25) is 5.02 Å². The summed E-state index contributed by atoms with van der Waals surface area (Å²) in [7, 11) is 1.68. The third-order valence-electron chi connectivity index (χ3n) is 4.05. The molecular weight excluding hydrogens is 453 g/mol. The van der Waals surface area contributed by atoms with Crippen molar-refractivity contribution in [2.75, 3.05) is 57.9 Å².